The quantitative estimate of drug-likeness (QED) is 0.535. The van der Waals surface area contributed by atoms with Crippen molar-refractivity contribution in [2.45, 2.75) is 51.2 Å². The standard InChI is InChI=1S/C11H16N2O3.C3H8O2/c12-11(15)8-2-1-5-13(6-8)10-4-3-9(7-14)16-10;1-3(2,4)5/h1,5-6,9-10,14H,2-4,7H2,(H2,12,15);4-5H,1-2H3/t9?,10-;/m1./s1. The summed E-state index contributed by atoms with van der Waals surface area (Å²) in [7, 11) is 0. The van der Waals surface area contributed by atoms with E-state index in [-0.39, 0.29) is 18.9 Å². The molecule has 21 heavy (non-hydrogen) atoms. The van der Waals surface area contributed by atoms with E-state index in [1.165, 1.54) is 13.8 Å². The van der Waals surface area contributed by atoms with Gasteiger partial charge in [0.15, 0.2) is 5.79 Å². The normalized spacial score (nSPS) is 25.2. The predicted octanol–water partition coefficient (Wildman–Crippen LogP) is -0.221. The summed E-state index contributed by atoms with van der Waals surface area (Å²) in [4.78, 5) is 12.9. The molecule has 1 fully saturated rings. The zero-order valence-electron chi connectivity index (χ0n) is 12.4. The largest absolute Gasteiger partial charge is 0.394 e. The number of nitrogens with zero attached hydrogens (tertiary/aromatic N) is 1. The Kier molecular flexibility index (Phi) is 6.35. The molecule has 7 nitrogen and oxygen atoms in total. The number of hydrogen-bond acceptors (Lipinski definition) is 6. The Labute approximate surface area is 124 Å². The maximum absolute atomic E-state index is 11.0. The van der Waals surface area contributed by atoms with Crippen molar-refractivity contribution in [2.75, 3.05) is 6.61 Å². The third kappa shape index (κ3) is 6.72. The first-order valence-electron chi connectivity index (χ1n) is 6.86. The van der Waals surface area contributed by atoms with E-state index in [9.17, 15) is 4.79 Å². The Morgan fingerprint density at radius 2 is 2.10 bits per heavy atom. The topological polar surface area (TPSA) is 116 Å². The van der Waals surface area contributed by atoms with Crippen molar-refractivity contribution in [1.82, 2.24) is 4.90 Å². The lowest BCUT2D eigenvalue weighted by molar-refractivity contribution is -0.127. The second-order valence-corrected chi connectivity index (χ2v) is 5.52. The lowest BCUT2D eigenvalue weighted by Crippen LogP contribution is -2.30. The molecule has 5 N–H and O–H groups in total. The summed E-state index contributed by atoms with van der Waals surface area (Å²) in [6, 6.07) is 0. The molecule has 2 rings (SSSR count). The van der Waals surface area contributed by atoms with E-state index in [0.717, 1.165) is 12.8 Å². The van der Waals surface area contributed by atoms with E-state index < -0.39 is 11.7 Å². The summed E-state index contributed by atoms with van der Waals surface area (Å²) in [6.45, 7) is 2.64. The van der Waals surface area contributed by atoms with Crippen LogP contribution in [0.2, 0.25) is 0 Å². The fourth-order valence-corrected chi connectivity index (χ4v) is 1.96. The zero-order chi connectivity index (χ0) is 16.0. The van der Waals surface area contributed by atoms with Crippen molar-refractivity contribution in [3.63, 3.8) is 0 Å². The Hall–Kier alpha value is -1.41. The van der Waals surface area contributed by atoms with E-state index in [4.69, 9.17) is 25.8 Å². The Balaban J connectivity index is 0.000000383. The molecule has 0 aromatic rings. The number of rotatable bonds is 3. The van der Waals surface area contributed by atoms with Gasteiger partial charge in [-0.1, -0.05) is 6.08 Å². The highest BCUT2D eigenvalue weighted by Crippen LogP contribution is 2.25. The first-order valence-corrected chi connectivity index (χ1v) is 6.86. The van der Waals surface area contributed by atoms with Crippen LogP contribution in [-0.2, 0) is 9.53 Å². The van der Waals surface area contributed by atoms with Gasteiger partial charge in [-0.25, -0.2) is 0 Å². The summed E-state index contributed by atoms with van der Waals surface area (Å²) in [5, 5.41) is 25.1. The number of carbonyl (C=O) groups is 1. The summed E-state index contributed by atoms with van der Waals surface area (Å²) in [6.07, 6.45) is 7.57. The number of nitrogens with two attached hydrogens (primary N) is 1. The average molecular weight is 300 g/mol. The van der Waals surface area contributed by atoms with Crippen LogP contribution in [0.1, 0.15) is 33.1 Å². The van der Waals surface area contributed by atoms with Crippen LogP contribution in [0.4, 0.5) is 0 Å². The highest BCUT2D eigenvalue weighted by atomic mass is 16.5. The minimum absolute atomic E-state index is 0.0421. The number of allylic oxidation sites excluding steroid dienone is 1. The van der Waals surface area contributed by atoms with Crippen molar-refractivity contribution < 1.29 is 24.9 Å². The Bertz CT molecular complexity index is 408. The predicted molar refractivity (Wildman–Crippen MR) is 76.4 cm³/mol. The molecule has 2 atom stereocenters. The van der Waals surface area contributed by atoms with Crippen LogP contribution in [0.25, 0.3) is 0 Å². The third-order valence-electron chi connectivity index (χ3n) is 2.86. The number of hydrogen-bond donors (Lipinski definition) is 4. The van der Waals surface area contributed by atoms with Crippen LogP contribution < -0.4 is 5.73 Å². The minimum Gasteiger partial charge on any atom is -0.394 e. The molecule has 7 heteroatoms. The lowest BCUT2D eigenvalue weighted by atomic mass is 10.1. The van der Waals surface area contributed by atoms with Crippen LogP contribution in [0.3, 0.4) is 0 Å². The summed E-state index contributed by atoms with van der Waals surface area (Å²) >= 11 is 0. The fraction of sp³-hybridized carbons (Fsp3) is 0.643. The van der Waals surface area contributed by atoms with Gasteiger partial charge in [0.05, 0.1) is 12.7 Å². The van der Waals surface area contributed by atoms with Crippen molar-refractivity contribution in [2.24, 2.45) is 5.73 Å². The number of carbonyl (C=O) groups excluding carboxylic acids is 1. The fourth-order valence-electron chi connectivity index (χ4n) is 1.96. The number of primary amides is 1. The number of amides is 1. The maximum Gasteiger partial charge on any atom is 0.246 e. The van der Waals surface area contributed by atoms with E-state index in [1.807, 2.05) is 17.2 Å². The molecule has 2 heterocycles. The summed E-state index contributed by atoms with van der Waals surface area (Å²) in [5.74, 6) is -1.90. The van der Waals surface area contributed by atoms with Gasteiger partial charge in [0.2, 0.25) is 5.91 Å². The molecule has 1 saturated heterocycles. The highest BCUT2D eigenvalue weighted by Gasteiger charge is 2.28. The van der Waals surface area contributed by atoms with Crippen molar-refractivity contribution >= 4 is 5.91 Å². The molecule has 0 bridgehead atoms. The first kappa shape index (κ1) is 17.6. The van der Waals surface area contributed by atoms with Crippen molar-refractivity contribution in [3.8, 4) is 0 Å². The van der Waals surface area contributed by atoms with Gasteiger partial charge in [-0.3, -0.25) is 4.79 Å². The van der Waals surface area contributed by atoms with E-state index in [2.05, 4.69) is 0 Å². The zero-order valence-corrected chi connectivity index (χ0v) is 12.4. The molecular weight excluding hydrogens is 276 g/mol. The maximum atomic E-state index is 11.0. The highest BCUT2D eigenvalue weighted by molar-refractivity contribution is 5.92. The molecule has 0 aromatic carbocycles. The number of ether oxygens (including phenoxy) is 1. The van der Waals surface area contributed by atoms with Gasteiger partial charge in [0, 0.05) is 18.0 Å². The first-order chi connectivity index (χ1) is 9.70. The van der Waals surface area contributed by atoms with Crippen molar-refractivity contribution in [1.29, 1.82) is 0 Å². The average Bonchev–Trinajstić information content (AvgIpc) is 2.85. The van der Waals surface area contributed by atoms with E-state index in [0.29, 0.717) is 12.0 Å². The van der Waals surface area contributed by atoms with Gasteiger partial charge >= 0.3 is 0 Å². The summed E-state index contributed by atoms with van der Waals surface area (Å²) < 4.78 is 5.61. The molecule has 2 aliphatic heterocycles. The molecule has 0 radical (unpaired) electrons. The molecular formula is C14H24N2O5. The molecule has 2 aliphatic rings. The second-order valence-electron chi connectivity index (χ2n) is 5.52. The van der Waals surface area contributed by atoms with Crippen LogP contribution in [0.15, 0.2) is 24.0 Å². The molecule has 0 saturated carbocycles. The van der Waals surface area contributed by atoms with Gasteiger partial charge in [-0.05, 0) is 33.1 Å². The van der Waals surface area contributed by atoms with Crippen LogP contribution in [-0.4, -0.2) is 50.9 Å². The molecule has 0 aromatic heterocycles. The number of aliphatic hydroxyl groups excluding tert-OH is 1. The molecule has 0 aliphatic carbocycles. The van der Waals surface area contributed by atoms with Gasteiger partial charge in [0.25, 0.3) is 0 Å². The number of aliphatic hydroxyl groups is 3. The molecule has 1 unspecified atom stereocenters. The smallest absolute Gasteiger partial charge is 0.246 e. The van der Waals surface area contributed by atoms with E-state index >= 15 is 0 Å². The minimum atomic E-state index is -1.50. The van der Waals surface area contributed by atoms with E-state index in [1.54, 1.807) is 6.20 Å². The SMILES string of the molecule is CC(C)(O)O.NC(=O)C1=CN([C@H]2CCC(CO)O2)C=CC1. The summed E-state index contributed by atoms with van der Waals surface area (Å²) in [5.41, 5.74) is 5.81. The Morgan fingerprint density at radius 1 is 1.48 bits per heavy atom. The van der Waals surface area contributed by atoms with Gasteiger partial charge in [0.1, 0.15) is 6.23 Å². The third-order valence-corrected chi connectivity index (χ3v) is 2.86. The van der Waals surface area contributed by atoms with Gasteiger partial charge < -0.3 is 30.7 Å². The monoisotopic (exact) mass is 300 g/mol. The van der Waals surface area contributed by atoms with Crippen molar-refractivity contribution in [3.05, 3.63) is 24.0 Å². The van der Waals surface area contributed by atoms with Crippen LogP contribution in [0, 0.1) is 0 Å². The van der Waals surface area contributed by atoms with Crippen LogP contribution >= 0.6 is 0 Å². The van der Waals surface area contributed by atoms with Gasteiger partial charge in [-0.15, -0.1) is 0 Å². The molecule has 0 spiro atoms. The molecule has 120 valence electrons. The molecule has 1 amide bonds. The van der Waals surface area contributed by atoms with Crippen LogP contribution in [0.5, 0.6) is 0 Å². The Morgan fingerprint density at radius 3 is 2.57 bits per heavy atom. The lowest BCUT2D eigenvalue weighted by Gasteiger charge is -2.26. The second kappa shape index (κ2) is 7.56. The van der Waals surface area contributed by atoms with Gasteiger partial charge in [-0.2, -0.15) is 0 Å².